The second kappa shape index (κ2) is 6.23. The first-order chi connectivity index (χ1) is 10.2. The van der Waals surface area contributed by atoms with Crippen molar-refractivity contribution < 1.29 is 13.9 Å². The van der Waals surface area contributed by atoms with Crippen molar-refractivity contribution in [2.45, 2.75) is 18.6 Å². The third kappa shape index (κ3) is 3.01. The summed E-state index contributed by atoms with van der Waals surface area (Å²) < 4.78 is 19.8. The van der Waals surface area contributed by atoms with Gasteiger partial charge in [-0.05, 0) is 15.9 Å². The summed E-state index contributed by atoms with van der Waals surface area (Å²) in [6.45, 7) is 2.37. The highest BCUT2D eigenvalue weighted by Gasteiger charge is 2.40. The van der Waals surface area contributed by atoms with Gasteiger partial charge in [0.1, 0.15) is 24.4 Å². The summed E-state index contributed by atoms with van der Waals surface area (Å²) in [6, 6.07) is -0.510. The maximum Gasteiger partial charge on any atom is 0.245 e. The summed E-state index contributed by atoms with van der Waals surface area (Å²) in [7, 11) is 0. The Morgan fingerprint density at radius 1 is 1.43 bits per heavy atom. The Bertz CT molecular complexity index is 527. The number of alkyl halides is 1. The fraction of sp³-hybridized carbons (Fsp3) is 0.615. The summed E-state index contributed by atoms with van der Waals surface area (Å²) in [5.41, 5.74) is 0. The number of ether oxygens (including phenoxy) is 1. The molecule has 0 saturated carbocycles. The summed E-state index contributed by atoms with van der Waals surface area (Å²) in [5, 5.41) is 0. The van der Waals surface area contributed by atoms with Gasteiger partial charge < -0.3 is 14.5 Å². The van der Waals surface area contributed by atoms with E-state index in [2.05, 4.69) is 25.9 Å². The lowest BCUT2D eigenvalue weighted by Crippen LogP contribution is -2.50. The molecule has 2 saturated heterocycles. The number of anilines is 1. The number of aromatic nitrogens is 2. The first kappa shape index (κ1) is 14.6. The van der Waals surface area contributed by atoms with E-state index in [0.717, 1.165) is 0 Å². The summed E-state index contributed by atoms with van der Waals surface area (Å²) in [5.74, 6) is 0.515. The smallest absolute Gasteiger partial charge is 0.245 e. The van der Waals surface area contributed by atoms with Gasteiger partial charge >= 0.3 is 0 Å². The van der Waals surface area contributed by atoms with Gasteiger partial charge in [-0.2, -0.15) is 0 Å². The molecule has 1 amide bonds. The van der Waals surface area contributed by atoms with Gasteiger partial charge in [-0.25, -0.2) is 14.4 Å². The van der Waals surface area contributed by atoms with Gasteiger partial charge in [-0.15, -0.1) is 0 Å². The van der Waals surface area contributed by atoms with Crippen molar-refractivity contribution >= 4 is 27.7 Å². The normalized spacial score (nSPS) is 26.2. The van der Waals surface area contributed by atoms with Gasteiger partial charge in [0, 0.05) is 25.7 Å². The van der Waals surface area contributed by atoms with E-state index in [0.29, 0.717) is 36.6 Å². The van der Waals surface area contributed by atoms with E-state index in [9.17, 15) is 9.18 Å². The molecule has 0 unspecified atom stereocenters. The van der Waals surface area contributed by atoms with Gasteiger partial charge in [-0.3, -0.25) is 4.79 Å². The number of morpholine rings is 1. The van der Waals surface area contributed by atoms with Crippen LogP contribution in [-0.2, 0) is 9.53 Å². The lowest BCUT2D eigenvalue weighted by atomic mass is 10.1. The van der Waals surface area contributed by atoms with Gasteiger partial charge in [0.2, 0.25) is 5.91 Å². The molecule has 0 N–H and O–H groups in total. The molecule has 2 atom stereocenters. The summed E-state index contributed by atoms with van der Waals surface area (Å²) in [6.07, 6.45) is 2.18. The van der Waals surface area contributed by atoms with Crippen molar-refractivity contribution in [2.75, 3.05) is 37.7 Å². The zero-order valence-corrected chi connectivity index (χ0v) is 13.0. The van der Waals surface area contributed by atoms with Crippen LogP contribution in [0.2, 0.25) is 0 Å². The average Bonchev–Trinajstić information content (AvgIpc) is 2.89. The molecule has 0 aromatic carbocycles. The van der Waals surface area contributed by atoms with Gasteiger partial charge in [0.15, 0.2) is 0 Å². The number of nitrogens with zero attached hydrogens (tertiary/aromatic N) is 4. The lowest BCUT2D eigenvalue weighted by Gasteiger charge is -2.32. The molecule has 1 aromatic rings. The molecule has 2 aliphatic rings. The second-order valence-electron chi connectivity index (χ2n) is 5.13. The van der Waals surface area contributed by atoms with Crippen LogP contribution in [0.1, 0.15) is 6.42 Å². The fourth-order valence-corrected chi connectivity index (χ4v) is 3.21. The van der Waals surface area contributed by atoms with Crippen molar-refractivity contribution in [1.29, 1.82) is 0 Å². The molecule has 3 heterocycles. The van der Waals surface area contributed by atoms with Crippen LogP contribution in [0.25, 0.3) is 0 Å². The SMILES string of the molecule is O=C([C@@H]1C[C@@H](F)CN1c1ncncc1Br)N1CCOCC1. The number of rotatable bonds is 2. The largest absolute Gasteiger partial charge is 0.378 e. The average molecular weight is 359 g/mol. The highest BCUT2D eigenvalue weighted by Crippen LogP contribution is 2.31. The van der Waals surface area contributed by atoms with E-state index < -0.39 is 12.2 Å². The Morgan fingerprint density at radius 2 is 2.19 bits per heavy atom. The molecule has 2 fully saturated rings. The van der Waals surface area contributed by atoms with Crippen LogP contribution in [0.4, 0.5) is 10.2 Å². The number of carbonyl (C=O) groups is 1. The van der Waals surface area contributed by atoms with Crippen LogP contribution in [0.15, 0.2) is 17.0 Å². The number of hydrogen-bond donors (Lipinski definition) is 0. The zero-order valence-electron chi connectivity index (χ0n) is 11.4. The van der Waals surface area contributed by atoms with Crippen molar-refractivity contribution in [3.05, 3.63) is 17.0 Å². The van der Waals surface area contributed by atoms with Crippen LogP contribution < -0.4 is 4.90 Å². The minimum atomic E-state index is -1.03. The van der Waals surface area contributed by atoms with Crippen LogP contribution in [0.3, 0.4) is 0 Å². The molecule has 21 heavy (non-hydrogen) atoms. The van der Waals surface area contributed by atoms with Crippen LogP contribution >= 0.6 is 15.9 Å². The van der Waals surface area contributed by atoms with E-state index in [4.69, 9.17) is 4.74 Å². The summed E-state index contributed by atoms with van der Waals surface area (Å²) >= 11 is 3.36. The number of amides is 1. The standard InChI is InChI=1S/C13H16BrFN4O2/c14-10-6-16-8-17-12(10)19-7-9(15)5-11(19)13(20)18-1-3-21-4-2-18/h6,8-9,11H,1-5,7H2/t9-,11+/m1/s1. The quantitative estimate of drug-likeness (QED) is 0.789. The Hall–Kier alpha value is -1.28. The molecule has 1 aromatic heterocycles. The topological polar surface area (TPSA) is 58.6 Å². The molecule has 0 radical (unpaired) electrons. The zero-order chi connectivity index (χ0) is 14.8. The Balaban J connectivity index is 1.82. The molecule has 6 nitrogen and oxygen atoms in total. The predicted octanol–water partition coefficient (Wildman–Crippen LogP) is 1.01. The fourth-order valence-electron chi connectivity index (χ4n) is 2.76. The first-order valence-corrected chi connectivity index (χ1v) is 7.69. The molecule has 8 heteroatoms. The van der Waals surface area contributed by atoms with Crippen molar-refractivity contribution in [2.24, 2.45) is 0 Å². The molecule has 0 aliphatic carbocycles. The minimum absolute atomic E-state index is 0.0519. The molecule has 0 bridgehead atoms. The van der Waals surface area contributed by atoms with Gasteiger partial charge in [-0.1, -0.05) is 0 Å². The van der Waals surface area contributed by atoms with Crippen LogP contribution in [0.5, 0.6) is 0 Å². The minimum Gasteiger partial charge on any atom is -0.378 e. The third-order valence-corrected chi connectivity index (χ3v) is 4.34. The molecule has 0 spiro atoms. The Morgan fingerprint density at radius 3 is 2.90 bits per heavy atom. The molecule has 2 aliphatic heterocycles. The molecular formula is C13H16BrFN4O2. The van der Waals surface area contributed by atoms with Gasteiger partial charge in [0.05, 0.1) is 24.2 Å². The van der Waals surface area contributed by atoms with E-state index in [1.807, 2.05) is 0 Å². The van der Waals surface area contributed by atoms with E-state index in [1.54, 1.807) is 16.0 Å². The Kier molecular flexibility index (Phi) is 4.34. The highest BCUT2D eigenvalue weighted by atomic mass is 79.9. The first-order valence-electron chi connectivity index (χ1n) is 6.89. The predicted molar refractivity (Wildman–Crippen MR) is 77.8 cm³/mol. The second-order valence-corrected chi connectivity index (χ2v) is 5.99. The highest BCUT2D eigenvalue weighted by molar-refractivity contribution is 9.10. The molecule has 3 rings (SSSR count). The summed E-state index contributed by atoms with van der Waals surface area (Å²) in [4.78, 5) is 24.2. The maximum absolute atomic E-state index is 13.9. The lowest BCUT2D eigenvalue weighted by molar-refractivity contribution is -0.136. The molecule has 114 valence electrons. The van der Waals surface area contributed by atoms with Gasteiger partial charge in [0.25, 0.3) is 0 Å². The van der Waals surface area contributed by atoms with Crippen molar-refractivity contribution in [3.63, 3.8) is 0 Å². The van der Waals surface area contributed by atoms with E-state index in [-0.39, 0.29) is 18.9 Å². The van der Waals surface area contributed by atoms with Crippen molar-refractivity contribution in [1.82, 2.24) is 14.9 Å². The molecular weight excluding hydrogens is 343 g/mol. The van der Waals surface area contributed by atoms with Crippen LogP contribution in [-0.4, -0.2) is 65.8 Å². The monoisotopic (exact) mass is 358 g/mol. The third-order valence-electron chi connectivity index (χ3n) is 3.78. The van der Waals surface area contributed by atoms with Crippen molar-refractivity contribution in [3.8, 4) is 0 Å². The maximum atomic E-state index is 13.9. The van der Waals surface area contributed by atoms with Crippen LogP contribution in [0, 0.1) is 0 Å². The van der Waals surface area contributed by atoms with E-state index in [1.165, 1.54) is 6.33 Å². The number of halogens is 2. The number of hydrogen-bond acceptors (Lipinski definition) is 5. The number of carbonyl (C=O) groups excluding carboxylic acids is 1. The Labute approximate surface area is 130 Å². The van der Waals surface area contributed by atoms with E-state index >= 15 is 0 Å².